The molecule has 0 unspecified atom stereocenters. The summed E-state index contributed by atoms with van der Waals surface area (Å²) in [6.07, 6.45) is 5.68. The summed E-state index contributed by atoms with van der Waals surface area (Å²) in [5, 5.41) is 7.31. The van der Waals surface area contributed by atoms with Gasteiger partial charge < -0.3 is 9.64 Å². The summed E-state index contributed by atoms with van der Waals surface area (Å²) in [5.74, 6) is 1.49. The van der Waals surface area contributed by atoms with Crippen LogP contribution >= 0.6 is 0 Å². The van der Waals surface area contributed by atoms with Gasteiger partial charge in [0.2, 0.25) is 0 Å². The van der Waals surface area contributed by atoms with Crippen LogP contribution in [0, 0.1) is 6.92 Å². The summed E-state index contributed by atoms with van der Waals surface area (Å²) >= 11 is 0. The van der Waals surface area contributed by atoms with Crippen molar-refractivity contribution in [1.29, 1.82) is 0 Å². The fourth-order valence-electron chi connectivity index (χ4n) is 3.96. The maximum absolute atomic E-state index is 13.3. The van der Waals surface area contributed by atoms with Crippen LogP contribution in [0.25, 0.3) is 5.65 Å². The van der Waals surface area contributed by atoms with Crippen molar-refractivity contribution in [3.05, 3.63) is 57.7 Å². The molecular formula is C20H22N6O3. The number of fused-ring (bicyclic) bond motifs is 1. The maximum Gasteiger partial charge on any atom is 0.270 e. The number of hydrogen-bond donors (Lipinski definition) is 1. The number of rotatable bonds is 4. The number of nitrogens with zero attached hydrogens (tertiary/aromatic N) is 5. The number of aryl methyl sites for hydroxylation is 1. The molecule has 2 atom stereocenters. The number of likely N-dealkylation sites (tertiary alicyclic amines) is 1. The Morgan fingerprint density at radius 3 is 2.93 bits per heavy atom. The summed E-state index contributed by atoms with van der Waals surface area (Å²) in [7, 11) is 1.63. The van der Waals surface area contributed by atoms with E-state index in [4.69, 9.17) is 4.74 Å². The van der Waals surface area contributed by atoms with Crippen LogP contribution in [-0.4, -0.2) is 55.1 Å². The number of carbonyl (C=O) groups excluding carboxylic acids is 1. The standard InChI is InChI=1S/C20H22N6O3/c1-11-4-3-7-25-18(11)21-9-14(19(25)27)20(28)26-10-13(29-2)8-15(26)17-22-16(23-24-17)12-5-6-12/h3-4,7,9,12-13,15H,5-6,8,10H2,1-2H3,(H,22,23,24)/t13-,15+/m1/s1. The topological polar surface area (TPSA) is 105 Å². The SMILES string of the molecule is CO[C@@H]1C[C@@H](c2nc(C3CC3)n[nH]2)N(C(=O)c2cnc3c(C)cccn3c2=O)C1. The van der Waals surface area contributed by atoms with E-state index < -0.39 is 0 Å². The molecular weight excluding hydrogens is 372 g/mol. The lowest BCUT2D eigenvalue weighted by Crippen LogP contribution is -2.37. The van der Waals surface area contributed by atoms with Crippen LogP contribution < -0.4 is 5.56 Å². The van der Waals surface area contributed by atoms with Crippen molar-refractivity contribution < 1.29 is 9.53 Å². The van der Waals surface area contributed by atoms with Crippen LogP contribution in [-0.2, 0) is 4.74 Å². The van der Waals surface area contributed by atoms with Gasteiger partial charge in [0.1, 0.15) is 17.0 Å². The minimum Gasteiger partial charge on any atom is -0.380 e. The molecule has 2 fully saturated rings. The number of aromatic amines is 1. The molecule has 0 bridgehead atoms. The predicted molar refractivity (Wildman–Crippen MR) is 104 cm³/mol. The molecule has 29 heavy (non-hydrogen) atoms. The Balaban J connectivity index is 1.52. The summed E-state index contributed by atoms with van der Waals surface area (Å²) in [6.45, 7) is 2.26. The number of H-pyrrole nitrogens is 1. The average Bonchev–Trinajstić information content (AvgIpc) is 3.30. The predicted octanol–water partition coefficient (Wildman–Crippen LogP) is 1.60. The molecule has 1 saturated heterocycles. The van der Waals surface area contributed by atoms with Crippen molar-refractivity contribution in [2.45, 2.75) is 44.2 Å². The van der Waals surface area contributed by atoms with Gasteiger partial charge in [-0.2, -0.15) is 5.10 Å². The number of amides is 1. The van der Waals surface area contributed by atoms with Gasteiger partial charge in [-0.3, -0.25) is 19.1 Å². The van der Waals surface area contributed by atoms with E-state index >= 15 is 0 Å². The van der Waals surface area contributed by atoms with Crippen LogP contribution in [0.15, 0.2) is 29.3 Å². The van der Waals surface area contributed by atoms with Crippen molar-refractivity contribution in [1.82, 2.24) is 29.5 Å². The summed E-state index contributed by atoms with van der Waals surface area (Å²) in [4.78, 5) is 37.0. The van der Waals surface area contributed by atoms with Gasteiger partial charge in [-0.05, 0) is 31.4 Å². The largest absolute Gasteiger partial charge is 0.380 e. The second-order valence-electron chi connectivity index (χ2n) is 7.78. The van der Waals surface area contributed by atoms with E-state index in [0.717, 1.165) is 24.2 Å². The molecule has 1 aliphatic carbocycles. The highest BCUT2D eigenvalue weighted by Crippen LogP contribution is 2.39. The molecule has 2 aliphatic rings. The Morgan fingerprint density at radius 1 is 1.34 bits per heavy atom. The molecule has 9 heteroatoms. The van der Waals surface area contributed by atoms with E-state index in [0.29, 0.717) is 30.4 Å². The minimum atomic E-state index is -0.375. The molecule has 1 aliphatic heterocycles. The highest BCUT2D eigenvalue weighted by Gasteiger charge is 2.40. The van der Waals surface area contributed by atoms with Crippen LogP contribution in [0.2, 0.25) is 0 Å². The molecule has 4 heterocycles. The van der Waals surface area contributed by atoms with E-state index in [2.05, 4.69) is 20.2 Å². The highest BCUT2D eigenvalue weighted by atomic mass is 16.5. The number of nitrogens with one attached hydrogen (secondary N) is 1. The van der Waals surface area contributed by atoms with Gasteiger partial charge in [0.05, 0.1) is 12.1 Å². The number of carbonyl (C=O) groups is 1. The number of pyridine rings is 1. The number of hydrogen-bond acceptors (Lipinski definition) is 6. The zero-order valence-electron chi connectivity index (χ0n) is 16.3. The smallest absolute Gasteiger partial charge is 0.270 e. The first kappa shape index (κ1) is 18.0. The van der Waals surface area contributed by atoms with Gasteiger partial charge >= 0.3 is 0 Å². The van der Waals surface area contributed by atoms with Crippen LogP contribution in [0.3, 0.4) is 0 Å². The minimum absolute atomic E-state index is 0.0387. The molecule has 9 nitrogen and oxygen atoms in total. The second-order valence-corrected chi connectivity index (χ2v) is 7.78. The Kier molecular flexibility index (Phi) is 4.20. The zero-order chi connectivity index (χ0) is 20.1. The fraction of sp³-hybridized carbons (Fsp3) is 0.450. The quantitative estimate of drug-likeness (QED) is 0.721. The van der Waals surface area contributed by atoms with E-state index in [1.54, 1.807) is 24.3 Å². The van der Waals surface area contributed by atoms with E-state index in [9.17, 15) is 9.59 Å². The molecule has 1 amide bonds. The normalized spacial score (nSPS) is 21.8. The van der Waals surface area contributed by atoms with Gasteiger partial charge in [0.15, 0.2) is 5.82 Å². The molecule has 1 N–H and O–H groups in total. The first-order valence-electron chi connectivity index (χ1n) is 9.79. The number of aromatic nitrogens is 5. The first-order valence-corrected chi connectivity index (χ1v) is 9.79. The third kappa shape index (κ3) is 3.02. The van der Waals surface area contributed by atoms with Crippen molar-refractivity contribution >= 4 is 11.6 Å². The zero-order valence-corrected chi connectivity index (χ0v) is 16.3. The Labute approximate surface area is 166 Å². The van der Waals surface area contributed by atoms with Crippen molar-refractivity contribution in [2.75, 3.05) is 13.7 Å². The van der Waals surface area contributed by atoms with Crippen LogP contribution in [0.4, 0.5) is 0 Å². The summed E-state index contributed by atoms with van der Waals surface area (Å²) in [5.41, 5.74) is 1.08. The molecule has 0 radical (unpaired) electrons. The fourth-order valence-corrected chi connectivity index (χ4v) is 3.96. The first-order chi connectivity index (χ1) is 14.1. The Morgan fingerprint density at radius 2 is 2.17 bits per heavy atom. The molecule has 150 valence electrons. The Bertz CT molecular complexity index is 1150. The lowest BCUT2D eigenvalue weighted by Gasteiger charge is -2.22. The van der Waals surface area contributed by atoms with Crippen molar-refractivity contribution in [2.24, 2.45) is 0 Å². The highest BCUT2D eigenvalue weighted by molar-refractivity contribution is 5.94. The molecule has 5 rings (SSSR count). The van der Waals surface area contributed by atoms with Crippen LogP contribution in [0.5, 0.6) is 0 Å². The van der Waals surface area contributed by atoms with E-state index in [1.807, 2.05) is 13.0 Å². The Hall–Kier alpha value is -3.07. The molecule has 0 aromatic carbocycles. The lowest BCUT2D eigenvalue weighted by molar-refractivity contribution is 0.0682. The third-order valence-corrected chi connectivity index (χ3v) is 5.79. The van der Waals surface area contributed by atoms with Gasteiger partial charge in [-0.1, -0.05) is 6.07 Å². The monoisotopic (exact) mass is 394 g/mol. The second kappa shape index (κ2) is 6.77. The number of ether oxygens (including phenoxy) is 1. The molecule has 1 saturated carbocycles. The van der Waals surface area contributed by atoms with Gasteiger partial charge in [0.25, 0.3) is 11.5 Å². The summed E-state index contributed by atoms with van der Waals surface area (Å²) < 4.78 is 6.92. The van der Waals surface area contributed by atoms with Crippen LogP contribution in [0.1, 0.15) is 58.8 Å². The summed E-state index contributed by atoms with van der Waals surface area (Å²) in [6, 6.07) is 3.34. The maximum atomic E-state index is 13.3. The third-order valence-electron chi connectivity index (χ3n) is 5.79. The lowest BCUT2D eigenvalue weighted by atomic mass is 10.1. The van der Waals surface area contributed by atoms with E-state index in [1.165, 1.54) is 10.6 Å². The van der Waals surface area contributed by atoms with Gasteiger partial charge in [-0.25, -0.2) is 9.97 Å². The van der Waals surface area contributed by atoms with E-state index in [-0.39, 0.29) is 29.2 Å². The average molecular weight is 394 g/mol. The van der Waals surface area contributed by atoms with Gasteiger partial charge in [-0.15, -0.1) is 0 Å². The molecule has 0 spiro atoms. The molecule has 3 aromatic rings. The molecule has 3 aromatic heterocycles. The van der Waals surface area contributed by atoms with Crippen molar-refractivity contribution in [3.63, 3.8) is 0 Å². The van der Waals surface area contributed by atoms with Gasteiger partial charge in [0, 0.05) is 38.4 Å². The van der Waals surface area contributed by atoms with Crippen molar-refractivity contribution in [3.8, 4) is 0 Å². The number of methoxy groups -OCH3 is 1.